The lowest BCUT2D eigenvalue weighted by Gasteiger charge is -2.29. The van der Waals surface area contributed by atoms with Crippen molar-refractivity contribution in [1.82, 2.24) is 10.2 Å². The first-order valence-electron chi connectivity index (χ1n) is 9.99. The lowest BCUT2D eigenvalue weighted by atomic mass is 9.82. The molecule has 2 N–H and O–H groups in total. The second-order valence-corrected chi connectivity index (χ2v) is 7.78. The Hall–Kier alpha value is -3.55. The standard InChI is InChI=1S/C23H27N3O5/c1-15(2)13-23(17-8-6-5-7-9-17)20(27)26(21(25-23)24-22(28)29)14-16-10-11-18(30-3)12-19(16)31-4/h5-12,15H,13-14H2,1-4H3,(H,24,25)(H,28,29)/t23-/m1/s1. The first-order valence-corrected chi connectivity index (χ1v) is 9.99. The summed E-state index contributed by atoms with van der Waals surface area (Å²) in [5.41, 5.74) is 0.351. The van der Waals surface area contributed by atoms with Crippen molar-refractivity contribution in [2.45, 2.75) is 32.4 Å². The zero-order chi connectivity index (χ0) is 22.6. The number of rotatable bonds is 7. The minimum Gasteiger partial charge on any atom is -0.497 e. The van der Waals surface area contributed by atoms with E-state index in [9.17, 15) is 14.7 Å². The molecular formula is C23H27N3O5. The minimum absolute atomic E-state index is 0.000117. The Kier molecular flexibility index (Phi) is 6.48. The smallest absolute Gasteiger partial charge is 0.434 e. The Morgan fingerprint density at radius 3 is 2.45 bits per heavy atom. The van der Waals surface area contributed by atoms with Crippen LogP contribution < -0.4 is 14.8 Å². The highest BCUT2D eigenvalue weighted by Gasteiger charge is 2.51. The molecule has 2 aromatic rings. The molecule has 1 aliphatic heterocycles. The SMILES string of the molecule is COc1ccc(CN2C(=O)[C@@](CC(C)C)(c3ccccc3)N/C2=N\C(=O)O)c(OC)c1. The van der Waals surface area contributed by atoms with Crippen molar-refractivity contribution in [2.75, 3.05) is 14.2 Å². The van der Waals surface area contributed by atoms with Crippen molar-refractivity contribution >= 4 is 18.0 Å². The van der Waals surface area contributed by atoms with Gasteiger partial charge < -0.3 is 19.9 Å². The van der Waals surface area contributed by atoms with Gasteiger partial charge in [0.2, 0.25) is 5.96 Å². The maximum absolute atomic E-state index is 13.8. The second kappa shape index (κ2) is 9.07. The number of benzene rings is 2. The van der Waals surface area contributed by atoms with E-state index in [1.165, 1.54) is 12.0 Å². The molecule has 1 heterocycles. The van der Waals surface area contributed by atoms with Crippen LogP contribution in [0.1, 0.15) is 31.4 Å². The molecule has 1 fully saturated rings. The summed E-state index contributed by atoms with van der Waals surface area (Å²) < 4.78 is 10.7. The predicted octanol–water partition coefficient (Wildman–Crippen LogP) is 3.61. The van der Waals surface area contributed by atoms with E-state index >= 15 is 0 Å². The van der Waals surface area contributed by atoms with E-state index in [1.54, 1.807) is 25.3 Å². The van der Waals surface area contributed by atoms with Gasteiger partial charge in [0, 0.05) is 11.6 Å². The monoisotopic (exact) mass is 425 g/mol. The molecular weight excluding hydrogens is 398 g/mol. The molecule has 8 heteroatoms. The lowest BCUT2D eigenvalue weighted by Crippen LogP contribution is -2.45. The topological polar surface area (TPSA) is 100 Å². The van der Waals surface area contributed by atoms with Gasteiger partial charge in [-0.2, -0.15) is 0 Å². The van der Waals surface area contributed by atoms with Gasteiger partial charge >= 0.3 is 6.09 Å². The van der Waals surface area contributed by atoms with Gasteiger partial charge in [-0.05, 0) is 30.0 Å². The summed E-state index contributed by atoms with van der Waals surface area (Å²) in [5.74, 6) is 1.05. The number of nitrogens with one attached hydrogen (secondary N) is 1. The third-order valence-corrected chi connectivity index (χ3v) is 5.20. The number of methoxy groups -OCH3 is 2. The van der Waals surface area contributed by atoms with E-state index in [2.05, 4.69) is 10.3 Å². The Bertz CT molecular complexity index is 990. The van der Waals surface area contributed by atoms with Gasteiger partial charge in [-0.1, -0.05) is 44.2 Å². The van der Waals surface area contributed by atoms with Crippen molar-refractivity contribution < 1.29 is 24.2 Å². The Balaban J connectivity index is 2.08. The summed E-state index contributed by atoms with van der Waals surface area (Å²) in [6.07, 6.45) is -0.902. The van der Waals surface area contributed by atoms with Crippen LogP contribution in [-0.2, 0) is 16.9 Å². The third kappa shape index (κ3) is 4.47. The number of guanidine groups is 1. The predicted molar refractivity (Wildman–Crippen MR) is 116 cm³/mol. The summed E-state index contributed by atoms with van der Waals surface area (Å²) in [5, 5.41) is 12.5. The third-order valence-electron chi connectivity index (χ3n) is 5.20. The van der Waals surface area contributed by atoms with Crippen LogP contribution in [0.2, 0.25) is 0 Å². The molecule has 0 bridgehead atoms. The van der Waals surface area contributed by atoms with Crippen LogP contribution in [0.4, 0.5) is 4.79 Å². The van der Waals surface area contributed by atoms with E-state index in [0.29, 0.717) is 23.5 Å². The molecule has 1 saturated heterocycles. The van der Waals surface area contributed by atoms with E-state index in [1.807, 2.05) is 44.2 Å². The first-order chi connectivity index (χ1) is 14.8. The normalized spacial score (nSPS) is 19.6. The van der Waals surface area contributed by atoms with Crippen LogP contribution >= 0.6 is 0 Å². The number of carbonyl (C=O) groups excluding carboxylic acids is 1. The van der Waals surface area contributed by atoms with Crippen molar-refractivity contribution in [1.29, 1.82) is 0 Å². The van der Waals surface area contributed by atoms with E-state index in [0.717, 1.165) is 5.56 Å². The summed E-state index contributed by atoms with van der Waals surface area (Å²) in [6, 6.07) is 14.6. The largest absolute Gasteiger partial charge is 0.497 e. The first kappa shape index (κ1) is 22.1. The maximum Gasteiger partial charge on any atom is 0.434 e. The molecule has 0 aromatic heterocycles. The molecule has 1 atom stereocenters. The molecule has 8 nitrogen and oxygen atoms in total. The summed E-state index contributed by atoms with van der Waals surface area (Å²) in [7, 11) is 3.09. The van der Waals surface area contributed by atoms with Gasteiger partial charge in [0.05, 0.1) is 20.8 Å². The number of carboxylic acid groups (broad SMARTS) is 1. The molecule has 0 aliphatic carbocycles. The molecule has 31 heavy (non-hydrogen) atoms. The van der Waals surface area contributed by atoms with Crippen LogP contribution in [-0.4, -0.2) is 42.2 Å². The molecule has 1 aliphatic rings. The van der Waals surface area contributed by atoms with Crippen LogP contribution in [0.5, 0.6) is 11.5 Å². The number of aliphatic imine (C=N–C) groups is 1. The second-order valence-electron chi connectivity index (χ2n) is 7.78. The van der Waals surface area contributed by atoms with Gasteiger partial charge in [-0.15, -0.1) is 4.99 Å². The number of hydrogen-bond donors (Lipinski definition) is 2. The average molecular weight is 425 g/mol. The number of hydrogen-bond acceptors (Lipinski definition) is 4. The van der Waals surface area contributed by atoms with Gasteiger partial charge in [-0.25, -0.2) is 4.79 Å². The summed E-state index contributed by atoms with van der Waals surface area (Å²) in [4.78, 5) is 30.3. The molecule has 164 valence electrons. The molecule has 0 spiro atoms. The molecule has 0 unspecified atom stereocenters. The highest BCUT2D eigenvalue weighted by molar-refractivity contribution is 6.11. The van der Waals surface area contributed by atoms with Crippen LogP contribution in [0.3, 0.4) is 0 Å². The molecule has 0 saturated carbocycles. The number of ether oxygens (including phenoxy) is 2. The molecule has 3 rings (SSSR count). The van der Waals surface area contributed by atoms with Gasteiger partial charge in [0.1, 0.15) is 17.0 Å². The fraction of sp³-hybridized carbons (Fsp3) is 0.348. The maximum atomic E-state index is 13.8. The lowest BCUT2D eigenvalue weighted by molar-refractivity contribution is -0.132. The van der Waals surface area contributed by atoms with Crippen molar-refractivity contribution in [2.24, 2.45) is 10.9 Å². The number of nitrogens with zero attached hydrogens (tertiary/aromatic N) is 2. The van der Waals surface area contributed by atoms with E-state index < -0.39 is 11.6 Å². The zero-order valence-electron chi connectivity index (χ0n) is 18.1. The van der Waals surface area contributed by atoms with Gasteiger partial charge in [-0.3, -0.25) is 9.69 Å². The van der Waals surface area contributed by atoms with Crippen LogP contribution in [0.25, 0.3) is 0 Å². The Morgan fingerprint density at radius 1 is 1.16 bits per heavy atom. The average Bonchev–Trinajstić information content (AvgIpc) is 2.99. The highest BCUT2D eigenvalue weighted by atomic mass is 16.5. The van der Waals surface area contributed by atoms with Crippen LogP contribution in [0.15, 0.2) is 53.5 Å². The summed E-state index contributed by atoms with van der Waals surface area (Å²) >= 11 is 0. The minimum atomic E-state index is -1.38. The van der Waals surface area contributed by atoms with Crippen molar-refractivity contribution in [3.63, 3.8) is 0 Å². The van der Waals surface area contributed by atoms with E-state index in [4.69, 9.17) is 9.47 Å². The molecule has 0 radical (unpaired) electrons. The number of carbonyl (C=O) groups is 2. The molecule has 2 aromatic carbocycles. The van der Waals surface area contributed by atoms with Crippen LogP contribution in [0, 0.1) is 5.92 Å². The van der Waals surface area contributed by atoms with Gasteiger partial charge in [0.15, 0.2) is 0 Å². The highest BCUT2D eigenvalue weighted by Crippen LogP contribution is 2.37. The van der Waals surface area contributed by atoms with Gasteiger partial charge in [0.25, 0.3) is 5.91 Å². The van der Waals surface area contributed by atoms with Crippen molar-refractivity contribution in [3.8, 4) is 11.5 Å². The zero-order valence-corrected chi connectivity index (χ0v) is 18.1. The Labute approximate surface area is 181 Å². The fourth-order valence-corrected chi connectivity index (χ4v) is 3.90. The summed E-state index contributed by atoms with van der Waals surface area (Å²) in [6.45, 7) is 4.13. The quantitative estimate of drug-likeness (QED) is 0.703. The fourth-order valence-electron chi connectivity index (χ4n) is 3.90. The molecule has 2 amide bonds. The van der Waals surface area contributed by atoms with E-state index in [-0.39, 0.29) is 24.3 Å². The Morgan fingerprint density at radius 2 is 1.87 bits per heavy atom. The number of amides is 2. The van der Waals surface area contributed by atoms with Crippen molar-refractivity contribution in [3.05, 3.63) is 59.7 Å².